The van der Waals surface area contributed by atoms with Crippen molar-refractivity contribution in [3.8, 4) is 0 Å². The third-order valence-corrected chi connectivity index (χ3v) is 2.55. The number of rotatable bonds is 6. The third-order valence-electron chi connectivity index (χ3n) is 2.55. The van der Waals surface area contributed by atoms with Gasteiger partial charge in [-0.05, 0) is 18.9 Å². The van der Waals surface area contributed by atoms with Gasteiger partial charge in [-0.1, -0.05) is 29.8 Å². The van der Waals surface area contributed by atoms with Gasteiger partial charge in [0.05, 0.1) is 12.5 Å². The average molecular weight is 286 g/mol. The number of aryl methyl sites for hydroxylation is 1. The van der Waals surface area contributed by atoms with Crippen LogP contribution in [-0.4, -0.2) is 24.4 Å². The van der Waals surface area contributed by atoms with Crippen molar-refractivity contribution in [3.05, 3.63) is 35.4 Å². The Morgan fingerprint density at radius 2 is 2.05 bits per heavy atom. The van der Waals surface area contributed by atoms with Gasteiger partial charge in [0, 0.05) is 6.54 Å². The zero-order chi connectivity index (χ0) is 13.5. The van der Waals surface area contributed by atoms with E-state index in [1.54, 1.807) is 0 Å². The van der Waals surface area contributed by atoms with Crippen molar-refractivity contribution in [2.24, 2.45) is 11.5 Å². The first-order valence-corrected chi connectivity index (χ1v) is 5.86. The van der Waals surface area contributed by atoms with Gasteiger partial charge in [0.25, 0.3) is 0 Å². The highest BCUT2D eigenvalue weighted by Gasteiger charge is 2.14. The molecular weight excluding hydrogens is 266 g/mol. The van der Waals surface area contributed by atoms with Gasteiger partial charge in [0.2, 0.25) is 11.8 Å². The van der Waals surface area contributed by atoms with Crippen molar-refractivity contribution in [1.29, 1.82) is 0 Å². The van der Waals surface area contributed by atoms with Crippen molar-refractivity contribution in [2.45, 2.75) is 25.8 Å². The number of hydrogen-bond acceptors (Lipinski definition) is 3. The second-order valence-electron chi connectivity index (χ2n) is 4.31. The lowest BCUT2D eigenvalue weighted by Crippen LogP contribution is -2.43. The normalized spacial score (nSPS) is 11.3. The summed E-state index contributed by atoms with van der Waals surface area (Å²) < 4.78 is 0. The lowest BCUT2D eigenvalue weighted by atomic mass is 10.1. The number of nitrogens with two attached hydrogens (primary N) is 2. The number of hydrogen-bond donors (Lipinski definition) is 3. The topological polar surface area (TPSA) is 98.2 Å². The molecule has 6 heteroatoms. The Balaban J connectivity index is 0.00000324. The molecule has 0 spiro atoms. The van der Waals surface area contributed by atoms with Crippen LogP contribution < -0.4 is 16.8 Å². The molecule has 0 aromatic heterocycles. The third kappa shape index (κ3) is 6.79. The molecule has 0 aliphatic rings. The van der Waals surface area contributed by atoms with Gasteiger partial charge < -0.3 is 16.8 Å². The molecule has 0 saturated heterocycles. The van der Waals surface area contributed by atoms with Gasteiger partial charge in [0.1, 0.15) is 0 Å². The molecular formula is C13H20ClN3O2. The van der Waals surface area contributed by atoms with E-state index in [1.165, 1.54) is 5.56 Å². The zero-order valence-corrected chi connectivity index (χ0v) is 11.7. The summed E-state index contributed by atoms with van der Waals surface area (Å²) in [6.07, 6.45) is 0.604. The number of primary amides is 1. The maximum atomic E-state index is 11.5. The van der Waals surface area contributed by atoms with Crippen LogP contribution in [0, 0.1) is 6.92 Å². The van der Waals surface area contributed by atoms with Crippen LogP contribution in [0.2, 0.25) is 0 Å². The molecule has 1 atom stereocenters. The second kappa shape index (κ2) is 8.50. The van der Waals surface area contributed by atoms with E-state index in [9.17, 15) is 9.59 Å². The fourth-order valence-corrected chi connectivity index (χ4v) is 1.64. The summed E-state index contributed by atoms with van der Waals surface area (Å²) in [5.74, 6) is -0.919. The van der Waals surface area contributed by atoms with Crippen LogP contribution in [-0.2, 0) is 16.0 Å². The number of halogens is 1. The minimum absolute atomic E-state index is 0. The summed E-state index contributed by atoms with van der Waals surface area (Å²) in [7, 11) is 0. The Morgan fingerprint density at radius 3 is 2.63 bits per heavy atom. The molecule has 5 N–H and O–H groups in total. The van der Waals surface area contributed by atoms with Crippen LogP contribution in [0.25, 0.3) is 0 Å². The summed E-state index contributed by atoms with van der Waals surface area (Å²) in [5, 5.41) is 2.68. The van der Waals surface area contributed by atoms with Crippen LogP contribution in [0.3, 0.4) is 0 Å². The van der Waals surface area contributed by atoms with Gasteiger partial charge in [-0.2, -0.15) is 0 Å². The van der Waals surface area contributed by atoms with Crippen LogP contribution in [0.15, 0.2) is 24.3 Å². The predicted molar refractivity (Wildman–Crippen MR) is 76.9 cm³/mol. The lowest BCUT2D eigenvalue weighted by molar-refractivity contribution is -0.126. The molecule has 0 bridgehead atoms. The quantitative estimate of drug-likeness (QED) is 0.700. The van der Waals surface area contributed by atoms with Gasteiger partial charge in [-0.3, -0.25) is 9.59 Å². The Labute approximate surface area is 119 Å². The van der Waals surface area contributed by atoms with Gasteiger partial charge in [-0.15, -0.1) is 12.4 Å². The highest BCUT2D eigenvalue weighted by molar-refractivity contribution is 5.87. The number of nitrogens with one attached hydrogen (secondary N) is 1. The van der Waals surface area contributed by atoms with E-state index in [0.29, 0.717) is 6.54 Å². The Kier molecular flexibility index (Phi) is 7.79. The molecule has 106 valence electrons. The van der Waals surface area contributed by atoms with Gasteiger partial charge in [-0.25, -0.2) is 0 Å². The van der Waals surface area contributed by atoms with Gasteiger partial charge >= 0.3 is 0 Å². The van der Waals surface area contributed by atoms with E-state index in [1.807, 2.05) is 25.1 Å². The monoisotopic (exact) mass is 285 g/mol. The Morgan fingerprint density at radius 1 is 1.37 bits per heavy atom. The summed E-state index contributed by atoms with van der Waals surface area (Å²) in [6.45, 7) is 2.51. The molecule has 0 saturated carbocycles. The van der Waals surface area contributed by atoms with E-state index in [4.69, 9.17) is 11.5 Å². The standard InChI is InChI=1S/C13H19N3O2.ClH/c1-9-3-2-4-10(7-9)5-6-16-13(18)11(14)8-12(15)17;/h2-4,7,11H,5-6,8,14H2,1H3,(H2,15,17)(H,16,18);1H. The molecule has 0 aliphatic heterocycles. The van der Waals surface area contributed by atoms with E-state index < -0.39 is 11.9 Å². The maximum absolute atomic E-state index is 11.5. The summed E-state index contributed by atoms with van der Waals surface area (Å²) >= 11 is 0. The molecule has 0 aliphatic carbocycles. The molecule has 19 heavy (non-hydrogen) atoms. The van der Waals surface area contributed by atoms with Crippen molar-refractivity contribution in [2.75, 3.05) is 6.54 Å². The van der Waals surface area contributed by atoms with Crippen molar-refractivity contribution in [1.82, 2.24) is 5.32 Å². The Hall–Kier alpha value is -1.59. The minimum atomic E-state index is -0.861. The van der Waals surface area contributed by atoms with Crippen molar-refractivity contribution < 1.29 is 9.59 Å². The Bertz CT molecular complexity index is 438. The SMILES string of the molecule is Cc1cccc(CCNC(=O)C(N)CC(N)=O)c1.Cl. The number of benzene rings is 1. The average Bonchev–Trinajstić information content (AvgIpc) is 2.28. The molecule has 1 aromatic rings. The fourth-order valence-electron chi connectivity index (χ4n) is 1.64. The first kappa shape index (κ1) is 17.4. The van der Waals surface area contributed by atoms with Crippen LogP contribution in [0.5, 0.6) is 0 Å². The molecule has 2 amide bonds. The van der Waals surface area contributed by atoms with Crippen molar-refractivity contribution in [3.63, 3.8) is 0 Å². The number of carbonyl (C=O) groups excluding carboxylic acids is 2. The van der Waals surface area contributed by atoms with Crippen LogP contribution in [0.4, 0.5) is 0 Å². The van der Waals surface area contributed by atoms with E-state index >= 15 is 0 Å². The molecule has 0 heterocycles. The molecule has 0 radical (unpaired) electrons. The molecule has 1 rings (SSSR count). The largest absolute Gasteiger partial charge is 0.370 e. The smallest absolute Gasteiger partial charge is 0.237 e. The van der Waals surface area contributed by atoms with E-state index in [-0.39, 0.29) is 24.7 Å². The second-order valence-corrected chi connectivity index (χ2v) is 4.31. The minimum Gasteiger partial charge on any atom is -0.370 e. The number of carbonyl (C=O) groups is 2. The summed E-state index contributed by atoms with van der Waals surface area (Å²) in [5.41, 5.74) is 12.8. The fraction of sp³-hybridized carbons (Fsp3) is 0.385. The molecule has 1 unspecified atom stereocenters. The lowest BCUT2D eigenvalue weighted by Gasteiger charge is -2.10. The maximum Gasteiger partial charge on any atom is 0.237 e. The predicted octanol–water partition coefficient (Wildman–Crippen LogP) is 0.278. The van der Waals surface area contributed by atoms with E-state index in [2.05, 4.69) is 11.4 Å². The molecule has 0 fully saturated rings. The van der Waals surface area contributed by atoms with E-state index in [0.717, 1.165) is 12.0 Å². The molecule has 5 nitrogen and oxygen atoms in total. The van der Waals surface area contributed by atoms with Crippen molar-refractivity contribution >= 4 is 24.2 Å². The number of amides is 2. The first-order chi connectivity index (χ1) is 8.49. The summed E-state index contributed by atoms with van der Waals surface area (Å²) in [6, 6.07) is 7.20. The molecule has 1 aromatic carbocycles. The highest BCUT2D eigenvalue weighted by atomic mass is 35.5. The highest BCUT2D eigenvalue weighted by Crippen LogP contribution is 2.03. The summed E-state index contributed by atoms with van der Waals surface area (Å²) in [4.78, 5) is 22.1. The zero-order valence-electron chi connectivity index (χ0n) is 10.9. The van der Waals surface area contributed by atoms with Crippen LogP contribution in [0.1, 0.15) is 17.5 Å². The van der Waals surface area contributed by atoms with Crippen LogP contribution >= 0.6 is 12.4 Å². The first-order valence-electron chi connectivity index (χ1n) is 5.86. The van der Waals surface area contributed by atoms with Gasteiger partial charge in [0.15, 0.2) is 0 Å².